The van der Waals surface area contributed by atoms with Crippen molar-refractivity contribution in [1.82, 2.24) is 14.5 Å². The van der Waals surface area contributed by atoms with Gasteiger partial charge in [-0.25, -0.2) is 9.97 Å². The van der Waals surface area contributed by atoms with Gasteiger partial charge in [0.2, 0.25) is 0 Å². The predicted molar refractivity (Wildman–Crippen MR) is 275 cm³/mol. The molecule has 0 unspecified atom stereocenters. The summed E-state index contributed by atoms with van der Waals surface area (Å²) in [5, 5.41) is 5.84. The lowest BCUT2D eigenvalue weighted by atomic mass is 9.89. The zero-order valence-corrected chi connectivity index (χ0v) is 36.5. The van der Waals surface area contributed by atoms with Gasteiger partial charge in [-0.2, -0.15) is 0 Å². The second kappa shape index (κ2) is 15.0. The third kappa shape index (κ3) is 6.00. The summed E-state index contributed by atoms with van der Waals surface area (Å²) in [5.41, 5.74) is 18.7. The molecule has 10 aromatic carbocycles. The van der Waals surface area contributed by atoms with Crippen LogP contribution in [0.2, 0.25) is 0 Å². The molecule has 0 spiro atoms. The maximum atomic E-state index is 6.62. The molecular weight excluding hydrogens is 815 g/mol. The highest BCUT2D eigenvalue weighted by Gasteiger charge is 2.28. The molecule has 0 fully saturated rings. The van der Waals surface area contributed by atoms with E-state index in [1.165, 1.54) is 71.7 Å². The molecule has 0 saturated carbocycles. The molecule has 4 heteroatoms. The maximum absolute atomic E-state index is 6.62. The number of hydrogen-bond donors (Lipinski definition) is 0. The largest absolute Gasteiger partial charge is 0.456 e. The van der Waals surface area contributed by atoms with Crippen molar-refractivity contribution in [2.75, 3.05) is 0 Å². The second-order valence-electron chi connectivity index (χ2n) is 17.9. The quantitative estimate of drug-likeness (QED) is 0.173. The normalized spacial score (nSPS) is 13.8. The Labute approximate surface area is 388 Å². The minimum atomic E-state index is 0.0350. The van der Waals surface area contributed by atoms with Gasteiger partial charge in [0.05, 0.1) is 22.2 Å². The zero-order valence-electron chi connectivity index (χ0n) is 36.5. The molecule has 1 aliphatic carbocycles. The molecular formula is C63H41N3O. The molecule has 0 radical (unpaired) electrons. The van der Waals surface area contributed by atoms with E-state index in [2.05, 4.69) is 223 Å². The van der Waals surface area contributed by atoms with Crippen LogP contribution in [-0.4, -0.2) is 14.5 Å². The van der Waals surface area contributed by atoms with E-state index in [0.717, 1.165) is 74.5 Å². The summed E-state index contributed by atoms with van der Waals surface area (Å²) >= 11 is 0. The average molecular weight is 856 g/mol. The van der Waals surface area contributed by atoms with Crippen LogP contribution in [0.25, 0.3) is 105 Å². The highest BCUT2D eigenvalue weighted by molar-refractivity contribution is 6.26. The summed E-state index contributed by atoms with van der Waals surface area (Å²) in [6, 6.07) is 79.0. The van der Waals surface area contributed by atoms with E-state index in [-0.39, 0.29) is 5.92 Å². The summed E-state index contributed by atoms with van der Waals surface area (Å²) in [7, 11) is 0. The number of para-hydroxylation sites is 2. The van der Waals surface area contributed by atoms with Crippen molar-refractivity contribution in [2.45, 2.75) is 18.8 Å². The summed E-state index contributed by atoms with van der Waals surface area (Å²) in [5.74, 6) is 2.69. The summed E-state index contributed by atoms with van der Waals surface area (Å²) < 4.78 is 9.08. The second-order valence-corrected chi connectivity index (χ2v) is 17.9. The standard InChI is InChI=1S/C63H41N3O/c1-3-15-39(16-4-1)42-19-13-20-45(35-42)66-56-34-32-44(37-54(56)60-51-25-14-28-59-61(51)53(38-57(60)66)48-23-10-12-27-58(48)67-59)43-30-29-40-31-33-49(46-21-7-8-22-47(46)52(40)36-43)63-64-55-26-11-9-24-50(55)62(65-63)41-17-5-2-6-18-41/h1-30,32,34-38,49H,31,33H2/t49-/m1/s1. The van der Waals surface area contributed by atoms with Crippen LogP contribution in [0.3, 0.4) is 0 Å². The van der Waals surface area contributed by atoms with Gasteiger partial charge in [-0.05, 0) is 123 Å². The van der Waals surface area contributed by atoms with Gasteiger partial charge in [0.15, 0.2) is 0 Å². The van der Waals surface area contributed by atoms with Crippen LogP contribution in [0.1, 0.15) is 29.3 Å². The van der Waals surface area contributed by atoms with Crippen LogP contribution < -0.4 is 4.74 Å². The first-order chi connectivity index (χ1) is 33.2. The molecule has 67 heavy (non-hydrogen) atoms. The highest BCUT2D eigenvalue weighted by Crippen LogP contribution is 2.51. The summed E-state index contributed by atoms with van der Waals surface area (Å²) in [6.45, 7) is 0. The zero-order chi connectivity index (χ0) is 44.0. The van der Waals surface area contributed by atoms with Crippen LogP contribution in [0.15, 0.2) is 218 Å². The number of aromatic nitrogens is 3. The van der Waals surface area contributed by atoms with Crippen molar-refractivity contribution in [2.24, 2.45) is 0 Å². The summed E-state index contributed by atoms with van der Waals surface area (Å²) in [4.78, 5) is 10.7. The third-order valence-corrected chi connectivity index (χ3v) is 14.2. The fraction of sp³-hybridized carbons (Fsp3) is 0.0476. The van der Waals surface area contributed by atoms with Gasteiger partial charge in [-0.1, -0.05) is 164 Å². The number of ether oxygens (including phenoxy) is 1. The van der Waals surface area contributed by atoms with Gasteiger partial charge in [0, 0.05) is 44.3 Å². The molecule has 3 heterocycles. The van der Waals surface area contributed by atoms with Gasteiger partial charge in [-0.3, -0.25) is 0 Å². The average Bonchev–Trinajstić information content (AvgIpc) is 3.63. The molecule has 1 aliphatic heterocycles. The maximum Gasteiger partial charge on any atom is 0.137 e. The lowest BCUT2D eigenvalue weighted by Crippen LogP contribution is -2.08. The van der Waals surface area contributed by atoms with Crippen molar-refractivity contribution in [3.8, 4) is 73.0 Å². The molecule has 1 atom stereocenters. The Morgan fingerprint density at radius 1 is 0.418 bits per heavy atom. The molecule has 14 rings (SSSR count). The van der Waals surface area contributed by atoms with Crippen LogP contribution in [0.4, 0.5) is 0 Å². The van der Waals surface area contributed by atoms with Gasteiger partial charge < -0.3 is 9.30 Å². The van der Waals surface area contributed by atoms with Crippen molar-refractivity contribution in [3.05, 3.63) is 235 Å². The molecule has 0 amide bonds. The van der Waals surface area contributed by atoms with Crippen molar-refractivity contribution in [3.63, 3.8) is 0 Å². The van der Waals surface area contributed by atoms with E-state index in [4.69, 9.17) is 14.7 Å². The van der Waals surface area contributed by atoms with Crippen LogP contribution in [-0.2, 0) is 6.42 Å². The Hall–Kier alpha value is -8.60. The lowest BCUT2D eigenvalue weighted by molar-refractivity contribution is 0.487. The van der Waals surface area contributed by atoms with Gasteiger partial charge in [0.1, 0.15) is 17.3 Å². The fourth-order valence-electron chi connectivity index (χ4n) is 11.1. The highest BCUT2D eigenvalue weighted by atomic mass is 16.5. The number of benzene rings is 10. The molecule has 4 nitrogen and oxygen atoms in total. The molecule has 12 aromatic rings. The Balaban J connectivity index is 0.949. The smallest absolute Gasteiger partial charge is 0.137 e. The molecule has 2 aliphatic rings. The first-order valence-electron chi connectivity index (χ1n) is 23.2. The Bertz CT molecular complexity index is 3960. The first kappa shape index (κ1) is 37.7. The van der Waals surface area contributed by atoms with Gasteiger partial charge >= 0.3 is 0 Å². The first-order valence-corrected chi connectivity index (χ1v) is 23.2. The monoisotopic (exact) mass is 855 g/mol. The molecule has 0 N–H and O–H groups in total. The van der Waals surface area contributed by atoms with E-state index < -0.39 is 0 Å². The molecule has 0 saturated heterocycles. The minimum absolute atomic E-state index is 0.0350. The summed E-state index contributed by atoms with van der Waals surface area (Å²) in [6.07, 6.45) is 1.83. The number of fused-ring (bicyclic) bond motifs is 10. The van der Waals surface area contributed by atoms with Crippen molar-refractivity contribution in [1.29, 1.82) is 0 Å². The van der Waals surface area contributed by atoms with E-state index in [9.17, 15) is 0 Å². The SMILES string of the molecule is c1ccc(-c2cccc(-n3c4ccc(-c5ccc6c(c5)-c5ccccc5[C@H](c5nc(-c7ccccc7)c7ccccc7n5)CC6)cc4c4c5cccc6c5c(cc43)-c3ccccc3O6)c2)cc1. The molecule has 0 bridgehead atoms. The van der Waals surface area contributed by atoms with Crippen LogP contribution in [0, 0.1) is 0 Å². The minimum Gasteiger partial charge on any atom is -0.456 e. The third-order valence-electron chi connectivity index (χ3n) is 14.2. The van der Waals surface area contributed by atoms with E-state index in [1.54, 1.807) is 0 Å². The van der Waals surface area contributed by atoms with Gasteiger partial charge in [-0.15, -0.1) is 0 Å². The predicted octanol–water partition coefficient (Wildman–Crippen LogP) is 16.4. The van der Waals surface area contributed by atoms with Gasteiger partial charge in [0.25, 0.3) is 0 Å². The topological polar surface area (TPSA) is 39.9 Å². The fourth-order valence-corrected chi connectivity index (χ4v) is 11.1. The lowest BCUT2D eigenvalue weighted by Gasteiger charge is -2.22. The molecule has 314 valence electrons. The van der Waals surface area contributed by atoms with Crippen LogP contribution >= 0.6 is 0 Å². The van der Waals surface area contributed by atoms with Crippen molar-refractivity contribution >= 4 is 43.5 Å². The Kier molecular flexibility index (Phi) is 8.44. The van der Waals surface area contributed by atoms with Crippen molar-refractivity contribution < 1.29 is 4.74 Å². The Morgan fingerprint density at radius 3 is 2.00 bits per heavy atom. The van der Waals surface area contributed by atoms with Crippen LogP contribution in [0.5, 0.6) is 11.5 Å². The number of nitrogens with zero attached hydrogens (tertiary/aromatic N) is 3. The Morgan fingerprint density at radius 2 is 1.10 bits per heavy atom. The van der Waals surface area contributed by atoms with E-state index >= 15 is 0 Å². The van der Waals surface area contributed by atoms with E-state index in [1.807, 2.05) is 0 Å². The van der Waals surface area contributed by atoms with E-state index in [0.29, 0.717) is 0 Å². The number of aryl methyl sites for hydroxylation is 1. The molecule has 2 aromatic heterocycles. The number of rotatable bonds is 5. The number of hydrogen-bond acceptors (Lipinski definition) is 3.